The smallest absolute Gasteiger partial charge is 0.472 e. The molecule has 0 saturated carbocycles. The summed E-state index contributed by atoms with van der Waals surface area (Å²) in [6, 6.07) is -1.56. The van der Waals surface area contributed by atoms with Crippen molar-refractivity contribution in [3.63, 3.8) is 0 Å². The standard InChI is InChI=1S/C46H78NO11P/c1-3-5-7-9-11-13-15-17-18-19-20-22-24-26-28-30-32-36-45(50)58-42(39-56-59(53,54)57-40-43(47)46(51)52)38-55-44(49)37-33-35-41(48)34-31-29-27-25-23-21-16-14-12-10-8-6-4-2/h12,14,17-18,21,23,27,29,31,34,42-43H,3-11,13,15-16,19-20,22,24-26,28,30,32-33,35-40,47H2,1-2H3,(H,51,52)(H,53,54)/b14-12-,18-17-,23-21-,29-27-,34-31+/t42-,43+/m1/s1. The number of carboxylic acid groups (broad SMARTS) is 1. The summed E-state index contributed by atoms with van der Waals surface area (Å²) in [6.07, 6.45) is 42.9. The Morgan fingerprint density at radius 3 is 1.69 bits per heavy atom. The van der Waals surface area contributed by atoms with Crippen LogP contribution in [0.15, 0.2) is 60.8 Å². The summed E-state index contributed by atoms with van der Waals surface area (Å²) in [6.45, 7) is 2.52. The van der Waals surface area contributed by atoms with E-state index < -0.39 is 57.7 Å². The lowest BCUT2D eigenvalue weighted by Gasteiger charge is -2.20. The number of phosphoric ester groups is 1. The van der Waals surface area contributed by atoms with Crippen LogP contribution in [0.25, 0.3) is 0 Å². The van der Waals surface area contributed by atoms with Gasteiger partial charge in [-0.25, -0.2) is 4.57 Å². The van der Waals surface area contributed by atoms with Crippen LogP contribution in [0.1, 0.15) is 174 Å². The van der Waals surface area contributed by atoms with Gasteiger partial charge >= 0.3 is 25.7 Å². The fraction of sp³-hybridized carbons (Fsp3) is 0.696. The number of hydrogen-bond donors (Lipinski definition) is 3. The Labute approximate surface area is 355 Å². The summed E-state index contributed by atoms with van der Waals surface area (Å²) in [5, 5.41) is 8.89. The van der Waals surface area contributed by atoms with E-state index in [-0.39, 0.29) is 31.5 Å². The van der Waals surface area contributed by atoms with Gasteiger partial charge in [0.15, 0.2) is 11.9 Å². The van der Waals surface area contributed by atoms with E-state index in [1.165, 1.54) is 83.1 Å². The number of nitrogens with two attached hydrogens (primary N) is 1. The van der Waals surface area contributed by atoms with Gasteiger partial charge in [0.05, 0.1) is 13.2 Å². The number of phosphoric acid groups is 1. The van der Waals surface area contributed by atoms with E-state index in [1.807, 2.05) is 6.08 Å². The minimum atomic E-state index is -4.77. The number of esters is 2. The van der Waals surface area contributed by atoms with Crippen LogP contribution in [0.4, 0.5) is 0 Å². The Bertz CT molecular complexity index is 1290. The third kappa shape index (κ3) is 40.0. The zero-order valence-electron chi connectivity index (χ0n) is 36.3. The average molecular weight is 852 g/mol. The Morgan fingerprint density at radius 2 is 1.07 bits per heavy atom. The number of ketones is 1. The fourth-order valence-electron chi connectivity index (χ4n) is 5.66. The van der Waals surface area contributed by atoms with Crippen LogP contribution in [-0.4, -0.2) is 65.7 Å². The third-order valence-electron chi connectivity index (χ3n) is 9.21. The van der Waals surface area contributed by atoms with Crippen molar-refractivity contribution in [2.24, 2.45) is 5.73 Å². The van der Waals surface area contributed by atoms with E-state index in [0.717, 1.165) is 51.4 Å². The predicted octanol–water partition coefficient (Wildman–Crippen LogP) is 11.1. The first-order chi connectivity index (χ1) is 28.5. The van der Waals surface area contributed by atoms with Crippen LogP contribution in [0.3, 0.4) is 0 Å². The minimum absolute atomic E-state index is 0.0700. The molecule has 59 heavy (non-hydrogen) atoms. The summed E-state index contributed by atoms with van der Waals surface area (Å²) < 4.78 is 32.5. The topological polar surface area (TPSA) is 189 Å². The van der Waals surface area contributed by atoms with E-state index in [2.05, 4.69) is 54.8 Å². The first-order valence-corrected chi connectivity index (χ1v) is 23.8. The molecular formula is C46H78NO11P. The van der Waals surface area contributed by atoms with E-state index in [9.17, 15) is 28.6 Å². The van der Waals surface area contributed by atoms with Crippen molar-refractivity contribution in [1.29, 1.82) is 0 Å². The molecule has 3 atom stereocenters. The van der Waals surface area contributed by atoms with Gasteiger partial charge < -0.3 is 25.2 Å². The summed E-state index contributed by atoms with van der Waals surface area (Å²) in [4.78, 5) is 58.2. The summed E-state index contributed by atoms with van der Waals surface area (Å²) in [5.41, 5.74) is 5.32. The SMILES string of the molecule is CCCCC/C=C\C/C=C\C/C=C\C=C\C(=O)CCCC(=O)OC[C@H](COP(=O)(O)OC[C@H](N)C(=O)O)OC(=O)CCCCCCCCC/C=C\CCCCCCCC. The molecule has 0 amide bonds. The number of allylic oxidation sites excluding steroid dienone is 10. The largest absolute Gasteiger partial charge is 0.480 e. The fourth-order valence-corrected chi connectivity index (χ4v) is 6.44. The maximum Gasteiger partial charge on any atom is 0.472 e. The average Bonchev–Trinajstić information content (AvgIpc) is 3.20. The number of hydrogen-bond acceptors (Lipinski definition) is 10. The van der Waals surface area contributed by atoms with E-state index in [1.54, 1.807) is 12.2 Å². The van der Waals surface area contributed by atoms with Crippen molar-refractivity contribution in [1.82, 2.24) is 0 Å². The minimum Gasteiger partial charge on any atom is -0.480 e. The van der Waals surface area contributed by atoms with Crippen molar-refractivity contribution in [2.45, 2.75) is 187 Å². The van der Waals surface area contributed by atoms with Crippen molar-refractivity contribution >= 4 is 31.5 Å². The van der Waals surface area contributed by atoms with E-state index in [0.29, 0.717) is 6.42 Å². The van der Waals surface area contributed by atoms with Gasteiger partial charge in [-0.2, -0.15) is 0 Å². The van der Waals surface area contributed by atoms with Crippen molar-refractivity contribution in [3.8, 4) is 0 Å². The molecule has 0 bridgehead atoms. The highest BCUT2D eigenvalue weighted by molar-refractivity contribution is 7.47. The number of ether oxygens (including phenoxy) is 2. The quantitative estimate of drug-likeness (QED) is 0.0132. The summed E-state index contributed by atoms with van der Waals surface area (Å²) in [5.74, 6) is -2.81. The van der Waals surface area contributed by atoms with Crippen LogP contribution < -0.4 is 5.73 Å². The highest BCUT2D eigenvalue weighted by Gasteiger charge is 2.28. The Hall–Kier alpha value is -3.15. The molecule has 0 aromatic carbocycles. The van der Waals surface area contributed by atoms with Gasteiger partial charge in [0.25, 0.3) is 0 Å². The van der Waals surface area contributed by atoms with Crippen molar-refractivity contribution < 1.29 is 52.3 Å². The number of unbranched alkanes of at least 4 members (excludes halogenated alkanes) is 16. The molecule has 338 valence electrons. The molecule has 0 aromatic rings. The lowest BCUT2D eigenvalue weighted by Crippen LogP contribution is -2.34. The molecule has 0 fully saturated rings. The van der Waals surface area contributed by atoms with Gasteiger partial charge in [-0.05, 0) is 70.3 Å². The van der Waals surface area contributed by atoms with Crippen LogP contribution >= 0.6 is 7.82 Å². The molecule has 12 nitrogen and oxygen atoms in total. The molecular weight excluding hydrogens is 773 g/mol. The van der Waals surface area contributed by atoms with Gasteiger partial charge in [0, 0.05) is 19.3 Å². The molecule has 0 saturated heterocycles. The number of carboxylic acids is 1. The second kappa shape index (κ2) is 40.3. The van der Waals surface area contributed by atoms with E-state index >= 15 is 0 Å². The predicted molar refractivity (Wildman–Crippen MR) is 236 cm³/mol. The highest BCUT2D eigenvalue weighted by Crippen LogP contribution is 2.43. The molecule has 4 N–H and O–H groups in total. The summed E-state index contributed by atoms with van der Waals surface area (Å²) >= 11 is 0. The molecule has 0 aliphatic rings. The molecule has 0 heterocycles. The third-order valence-corrected chi connectivity index (χ3v) is 10.2. The van der Waals surface area contributed by atoms with E-state index in [4.69, 9.17) is 24.8 Å². The molecule has 0 aliphatic heterocycles. The van der Waals surface area contributed by atoms with Crippen LogP contribution in [0.2, 0.25) is 0 Å². The summed E-state index contributed by atoms with van der Waals surface area (Å²) in [7, 11) is -4.77. The maximum atomic E-state index is 12.6. The number of carbonyl (C=O) groups excluding carboxylic acids is 3. The Kier molecular flexibility index (Phi) is 38.1. The highest BCUT2D eigenvalue weighted by atomic mass is 31.2. The molecule has 0 radical (unpaired) electrons. The number of aliphatic carboxylic acids is 1. The Balaban J connectivity index is 4.55. The maximum absolute atomic E-state index is 12.6. The van der Waals surface area contributed by atoms with Crippen LogP contribution in [-0.2, 0) is 42.3 Å². The van der Waals surface area contributed by atoms with Gasteiger partial charge in [-0.1, -0.05) is 146 Å². The molecule has 0 aliphatic carbocycles. The normalized spacial score (nSPS) is 14.2. The molecule has 13 heteroatoms. The monoisotopic (exact) mass is 852 g/mol. The lowest BCUT2D eigenvalue weighted by atomic mass is 10.1. The zero-order valence-corrected chi connectivity index (χ0v) is 37.2. The second-order valence-electron chi connectivity index (χ2n) is 14.9. The van der Waals surface area contributed by atoms with Crippen LogP contribution in [0.5, 0.6) is 0 Å². The van der Waals surface area contributed by atoms with Crippen molar-refractivity contribution in [2.75, 3.05) is 19.8 Å². The van der Waals surface area contributed by atoms with Gasteiger partial charge in [-0.15, -0.1) is 0 Å². The van der Waals surface area contributed by atoms with Gasteiger partial charge in [-0.3, -0.25) is 28.2 Å². The van der Waals surface area contributed by atoms with Gasteiger partial charge in [0.2, 0.25) is 0 Å². The second-order valence-corrected chi connectivity index (χ2v) is 16.3. The molecule has 1 unspecified atom stereocenters. The molecule has 0 aromatic heterocycles. The Morgan fingerprint density at radius 1 is 0.576 bits per heavy atom. The molecule has 0 rings (SSSR count). The number of carbonyl (C=O) groups is 4. The first kappa shape index (κ1) is 55.9. The lowest BCUT2D eigenvalue weighted by molar-refractivity contribution is -0.161. The molecule has 0 spiro atoms. The van der Waals surface area contributed by atoms with Crippen LogP contribution in [0, 0.1) is 0 Å². The zero-order chi connectivity index (χ0) is 43.7. The van der Waals surface area contributed by atoms with Gasteiger partial charge in [0.1, 0.15) is 12.6 Å². The first-order valence-electron chi connectivity index (χ1n) is 22.3. The van der Waals surface area contributed by atoms with Crippen molar-refractivity contribution in [3.05, 3.63) is 60.8 Å². The number of rotatable bonds is 41.